The second-order valence-electron chi connectivity index (χ2n) is 4.92. The molecule has 0 heterocycles. The summed E-state index contributed by atoms with van der Waals surface area (Å²) in [6.45, 7) is 4.16. The van der Waals surface area contributed by atoms with Crippen LogP contribution in [0.15, 0.2) is 0 Å². The predicted molar refractivity (Wildman–Crippen MR) is 59.2 cm³/mol. The zero-order valence-electron chi connectivity index (χ0n) is 9.62. The van der Waals surface area contributed by atoms with Crippen LogP contribution in [0.2, 0.25) is 0 Å². The van der Waals surface area contributed by atoms with Gasteiger partial charge in [-0.2, -0.15) is 0 Å². The zero-order chi connectivity index (χ0) is 11.5. The number of nitrogens with two attached hydrogens (primary N) is 1. The van der Waals surface area contributed by atoms with Crippen LogP contribution in [0.1, 0.15) is 39.5 Å². The number of aliphatic hydroxyl groups is 1. The Labute approximate surface area is 91.2 Å². The highest BCUT2D eigenvalue weighted by atomic mass is 16.3. The van der Waals surface area contributed by atoms with Gasteiger partial charge in [-0.05, 0) is 18.8 Å². The molecule has 0 bridgehead atoms. The van der Waals surface area contributed by atoms with Crippen molar-refractivity contribution in [2.24, 2.45) is 11.7 Å². The van der Waals surface area contributed by atoms with E-state index in [1.54, 1.807) is 0 Å². The van der Waals surface area contributed by atoms with Gasteiger partial charge >= 0.3 is 0 Å². The van der Waals surface area contributed by atoms with E-state index in [4.69, 9.17) is 5.73 Å². The number of carbonyl (C=O) groups excluding carboxylic acids is 1. The van der Waals surface area contributed by atoms with Gasteiger partial charge in [0.25, 0.3) is 0 Å². The first kappa shape index (κ1) is 12.5. The normalized spacial score (nSPS) is 21.7. The maximum absolute atomic E-state index is 11.5. The molecule has 1 amide bonds. The van der Waals surface area contributed by atoms with E-state index in [2.05, 4.69) is 5.32 Å². The Balaban J connectivity index is 2.33. The van der Waals surface area contributed by atoms with Gasteiger partial charge in [0.1, 0.15) is 0 Å². The molecule has 0 aromatic rings. The Kier molecular flexibility index (Phi) is 4.11. The van der Waals surface area contributed by atoms with Crippen molar-refractivity contribution in [3.8, 4) is 0 Å². The van der Waals surface area contributed by atoms with Crippen LogP contribution >= 0.6 is 0 Å². The maximum atomic E-state index is 11.5. The Bertz CT molecular complexity index is 223. The number of amides is 1. The first-order valence-corrected chi connectivity index (χ1v) is 5.70. The standard InChI is InChI=1S/C11H22N2O2/c1-8(2)9(12)10(14)13-7-11(15)5-3-4-6-11/h8-9,15H,3-7,12H2,1-2H3,(H,13,14)/t9-/m1/s1. The van der Waals surface area contributed by atoms with E-state index in [0.29, 0.717) is 6.54 Å². The third kappa shape index (κ3) is 3.47. The van der Waals surface area contributed by atoms with Crippen LogP contribution in [0.5, 0.6) is 0 Å². The van der Waals surface area contributed by atoms with Crippen LogP contribution in [-0.2, 0) is 4.79 Å². The summed E-state index contributed by atoms with van der Waals surface area (Å²) < 4.78 is 0. The second-order valence-corrected chi connectivity index (χ2v) is 4.92. The van der Waals surface area contributed by atoms with Crippen molar-refractivity contribution >= 4 is 5.91 Å². The average molecular weight is 214 g/mol. The summed E-state index contributed by atoms with van der Waals surface area (Å²) >= 11 is 0. The van der Waals surface area contributed by atoms with Gasteiger partial charge in [-0.1, -0.05) is 26.7 Å². The molecule has 1 rings (SSSR count). The smallest absolute Gasteiger partial charge is 0.237 e. The van der Waals surface area contributed by atoms with Gasteiger partial charge in [-0.25, -0.2) is 0 Å². The van der Waals surface area contributed by atoms with Gasteiger partial charge in [0.2, 0.25) is 5.91 Å². The first-order chi connectivity index (χ1) is 6.94. The van der Waals surface area contributed by atoms with Gasteiger partial charge in [0, 0.05) is 6.54 Å². The Hall–Kier alpha value is -0.610. The number of hydrogen-bond acceptors (Lipinski definition) is 3. The first-order valence-electron chi connectivity index (χ1n) is 5.70. The van der Waals surface area contributed by atoms with Crippen molar-refractivity contribution in [1.29, 1.82) is 0 Å². The van der Waals surface area contributed by atoms with E-state index in [1.807, 2.05) is 13.8 Å². The summed E-state index contributed by atoms with van der Waals surface area (Å²) in [6.07, 6.45) is 3.65. The quantitative estimate of drug-likeness (QED) is 0.633. The fraction of sp³-hybridized carbons (Fsp3) is 0.909. The third-order valence-corrected chi connectivity index (χ3v) is 3.15. The lowest BCUT2D eigenvalue weighted by Gasteiger charge is -2.24. The molecule has 1 atom stereocenters. The molecule has 88 valence electrons. The molecule has 0 aliphatic heterocycles. The van der Waals surface area contributed by atoms with E-state index in [-0.39, 0.29) is 11.8 Å². The lowest BCUT2D eigenvalue weighted by molar-refractivity contribution is -0.124. The van der Waals surface area contributed by atoms with E-state index in [0.717, 1.165) is 25.7 Å². The molecule has 1 fully saturated rings. The Morgan fingerprint density at radius 2 is 2.00 bits per heavy atom. The van der Waals surface area contributed by atoms with E-state index in [9.17, 15) is 9.90 Å². The summed E-state index contributed by atoms with van der Waals surface area (Å²) in [4.78, 5) is 11.5. The lowest BCUT2D eigenvalue weighted by Crippen LogP contribution is -2.49. The highest BCUT2D eigenvalue weighted by Gasteiger charge is 2.32. The molecule has 0 unspecified atom stereocenters. The summed E-state index contributed by atoms with van der Waals surface area (Å²) in [5.41, 5.74) is 5.01. The van der Waals surface area contributed by atoms with Gasteiger partial charge < -0.3 is 16.2 Å². The molecule has 4 heteroatoms. The summed E-state index contributed by atoms with van der Waals surface area (Å²) in [5, 5.41) is 12.7. The molecular formula is C11H22N2O2. The van der Waals surface area contributed by atoms with Gasteiger partial charge in [-0.3, -0.25) is 4.79 Å². The van der Waals surface area contributed by atoms with Crippen LogP contribution < -0.4 is 11.1 Å². The van der Waals surface area contributed by atoms with Gasteiger partial charge in [0.15, 0.2) is 0 Å². The largest absolute Gasteiger partial charge is 0.388 e. The van der Waals surface area contributed by atoms with Crippen molar-refractivity contribution in [3.05, 3.63) is 0 Å². The number of hydrogen-bond donors (Lipinski definition) is 3. The van der Waals surface area contributed by atoms with Crippen LogP contribution in [0.25, 0.3) is 0 Å². The monoisotopic (exact) mass is 214 g/mol. The minimum absolute atomic E-state index is 0.128. The Morgan fingerprint density at radius 3 is 2.47 bits per heavy atom. The van der Waals surface area contributed by atoms with Crippen molar-refractivity contribution in [2.75, 3.05) is 6.54 Å². The fourth-order valence-electron chi connectivity index (χ4n) is 1.88. The molecular weight excluding hydrogens is 192 g/mol. The fourth-order valence-corrected chi connectivity index (χ4v) is 1.88. The van der Waals surface area contributed by atoms with Gasteiger partial charge in [-0.15, -0.1) is 0 Å². The van der Waals surface area contributed by atoms with Gasteiger partial charge in [0.05, 0.1) is 11.6 Å². The molecule has 0 saturated heterocycles. The van der Waals surface area contributed by atoms with Crippen molar-refractivity contribution in [3.63, 3.8) is 0 Å². The van der Waals surface area contributed by atoms with E-state index < -0.39 is 11.6 Å². The van der Waals surface area contributed by atoms with Crippen molar-refractivity contribution < 1.29 is 9.90 Å². The topological polar surface area (TPSA) is 75.4 Å². The molecule has 15 heavy (non-hydrogen) atoms. The molecule has 0 aromatic carbocycles. The molecule has 1 aliphatic rings. The summed E-state index contributed by atoms with van der Waals surface area (Å²) in [7, 11) is 0. The highest BCUT2D eigenvalue weighted by Crippen LogP contribution is 2.28. The molecule has 4 nitrogen and oxygen atoms in total. The minimum Gasteiger partial charge on any atom is -0.388 e. The number of rotatable bonds is 4. The van der Waals surface area contributed by atoms with Crippen molar-refractivity contribution in [2.45, 2.75) is 51.2 Å². The SMILES string of the molecule is CC(C)[C@@H](N)C(=O)NCC1(O)CCCC1. The predicted octanol–water partition coefficient (Wildman–Crippen LogP) is 0.391. The van der Waals surface area contributed by atoms with Crippen LogP contribution in [-0.4, -0.2) is 29.2 Å². The molecule has 0 spiro atoms. The van der Waals surface area contributed by atoms with Crippen molar-refractivity contribution in [1.82, 2.24) is 5.32 Å². The number of carbonyl (C=O) groups is 1. The maximum Gasteiger partial charge on any atom is 0.237 e. The average Bonchev–Trinajstić information content (AvgIpc) is 2.61. The summed E-state index contributed by atoms with van der Waals surface area (Å²) in [6, 6.07) is -0.477. The molecule has 0 aromatic heterocycles. The number of nitrogens with one attached hydrogen (secondary N) is 1. The molecule has 4 N–H and O–H groups in total. The molecule has 1 saturated carbocycles. The van der Waals surface area contributed by atoms with Crippen LogP contribution in [0, 0.1) is 5.92 Å². The Morgan fingerprint density at radius 1 is 1.47 bits per heavy atom. The van der Waals surface area contributed by atoms with Crippen LogP contribution in [0.4, 0.5) is 0 Å². The van der Waals surface area contributed by atoms with E-state index >= 15 is 0 Å². The highest BCUT2D eigenvalue weighted by molar-refractivity contribution is 5.81. The second kappa shape index (κ2) is 4.94. The lowest BCUT2D eigenvalue weighted by atomic mass is 10.0. The molecule has 0 radical (unpaired) electrons. The van der Waals surface area contributed by atoms with E-state index in [1.165, 1.54) is 0 Å². The summed E-state index contributed by atoms with van der Waals surface area (Å²) in [5.74, 6) is -0.0338. The third-order valence-electron chi connectivity index (χ3n) is 3.15. The molecule has 1 aliphatic carbocycles. The zero-order valence-corrected chi connectivity index (χ0v) is 9.62. The van der Waals surface area contributed by atoms with Crippen LogP contribution in [0.3, 0.4) is 0 Å². The minimum atomic E-state index is -0.688.